The standard InChI is InChI=1S/C26H32N2O5/c1-3-18(25(31)28-17(2)9-8-14-24(29)30)15-27-26(32)33-16-23-21-12-6-4-10-19(21)20-11-5-7-13-22(20)23/h4-7,10-13,17-18,23H,3,8-9,14-16H2,1-2H3,(H,27,32)(H,28,31)(H,29,30). The minimum absolute atomic E-state index is 0.0138. The van der Waals surface area contributed by atoms with Crippen molar-refractivity contribution in [3.63, 3.8) is 0 Å². The Labute approximate surface area is 194 Å². The number of hydrogen-bond acceptors (Lipinski definition) is 4. The topological polar surface area (TPSA) is 105 Å². The third kappa shape index (κ3) is 6.34. The van der Waals surface area contributed by atoms with Gasteiger partial charge in [-0.05, 0) is 48.4 Å². The van der Waals surface area contributed by atoms with Crippen LogP contribution < -0.4 is 10.6 Å². The first-order chi connectivity index (χ1) is 15.9. The molecule has 0 spiro atoms. The van der Waals surface area contributed by atoms with Crippen LogP contribution in [0.1, 0.15) is 56.6 Å². The van der Waals surface area contributed by atoms with Crippen molar-refractivity contribution in [2.24, 2.45) is 5.92 Å². The van der Waals surface area contributed by atoms with Gasteiger partial charge in [-0.15, -0.1) is 0 Å². The minimum Gasteiger partial charge on any atom is -0.481 e. The van der Waals surface area contributed by atoms with Crippen molar-refractivity contribution in [3.8, 4) is 11.1 Å². The lowest BCUT2D eigenvalue weighted by Gasteiger charge is -2.20. The van der Waals surface area contributed by atoms with E-state index in [0.717, 1.165) is 11.1 Å². The highest BCUT2D eigenvalue weighted by atomic mass is 16.5. The molecule has 0 saturated heterocycles. The summed E-state index contributed by atoms with van der Waals surface area (Å²) in [4.78, 5) is 35.5. The van der Waals surface area contributed by atoms with Crippen LogP contribution in [0.5, 0.6) is 0 Å². The number of ether oxygens (including phenoxy) is 1. The van der Waals surface area contributed by atoms with E-state index in [4.69, 9.17) is 9.84 Å². The molecule has 0 radical (unpaired) electrons. The molecule has 0 aliphatic heterocycles. The SMILES string of the molecule is CCC(CNC(=O)OCC1c2ccccc2-c2ccccc21)C(=O)NC(C)CCCC(=O)O. The van der Waals surface area contributed by atoms with E-state index in [9.17, 15) is 14.4 Å². The summed E-state index contributed by atoms with van der Waals surface area (Å²) in [7, 11) is 0. The predicted octanol–water partition coefficient (Wildman–Crippen LogP) is 4.31. The van der Waals surface area contributed by atoms with Crippen LogP contribution in [0.3, 0.4) is 0 Å². The van der Waals surface area contributed by atoms with E-state index in [0.29, 0.717) is 19.3 Å². The fraction of sp³-hybridized carbons (Fsp3) is 0.423. The summed E-state index contributed by atoms with van der Waals surface area (Å²) < 4.78 is 5.53. The Hall–Kier alpha value is -3.35. The molecule has 0 aromatic heterocycles. The van der Waals surface area contributed by atoms with Crippen LogP contribution in [0.4, 0.5) is 4.79 Å². The zero-order valence-corrected chi connectivity index (χ0v) is 19.2. The summed E-state index contributed by atoms with van der Waals surface area (Å²) >= 11 is 0. The molecule has 2 amide bonds. The molecule has 2 atom stereocenters. The van der Waals surface area contributed by atoms with Gasteiger partial charge in [0, 0.05) is 24.9 Å². The Balaban J connectivity index is 1.48. The van der Waals surface area contributed by atoms with Crippen molar-refractivity contribution in [2.75, 3.05) is 13.2 Å². The van der Waals surface area contributed by atoms with Crippen LogP contribution in [0, 0.1) is 5.92 Å². The number of carboxylic acids is 1. The first kappa shape index (κ1) is 24.3. The Morgan fingerprint density at radius 3 is 2.21 bits per heavy atom. The van der Waals surface area contributed by atoms with Crippen LogP contribution in [-0.2, 0) is 14.3 Å². The van der Waals surface area contributed by atoms with Crippen molar-refractivity contribution in [1.82, 2.24) is 10.6 Å². The van der Waals surface area contributed by atoms with E-state index >= 15 is 0 Å². The molecule has 2 unspecified atom stereocenters. The Bertz CT molecular complexity index is 945. The normalized spacial score (nSPS) is 14.0. The average molecular weight is 453 g/mol. The molecule has 3 rings (SSSR count). The van der Waals surface area contributed by atoms with E-state index in [1.807, 2.05) is 38.1 Å². The number of alkyl carbamates (subject to hydrolysis) is 1. The maximum Gasteiger partial charge on any atom is 0.407 e. The minimum atomic E-state index is -0.841. The van der Waals surface area contributed by atoms with Crippen molar-refractivity contribution < 1.29 is 24.2 Å². The van der Waals surface area contributed by atoms with Crippen molar-refractivity contribution in [3.05, 3.63) is 59.7 Å². The Morgan fingerprint density at radius 2 is 1.64 bits per heavy atom. The number of carboxylic acid groups (broad SMARTS) is 1. The molecule has 3 N–H and O–H groups in total. The van der Waals surface area contributed by atoms with Crippen LogP contribution in [-0.4, -0.2) is 42.3 Å². The first-order valence-electron chi connectivity index (χ1n) is 11.5. The molecular weight excluding hydrogens is 420 g/mol. The van der Waals surface area contributed by atoms with Crippen LogP contribution in [0.2, 0.25) is 0 Å². The molecular formula is C26H32N2O5. The van der Waals surface area contributed by atoms with E-state index in [2.05, 4.69) is 34.9 Å². The molecule has 0 bridgehead atoms. The maximum absolute atomic E-state index is 12.5. The lowest BCUT2D eigenvalue weighted by atomic mass is 9.98. The zero-order chi connectivity index (χ0) is 23.8. The molecule has 2 aromatic carbocycles. The number of aliphatic carboxylic acids is 1. The van der Waals surface area contributed by atoms with Gasteiger partial charge in [0.1, 0.15) is 6.61 Å². The number of nitrogens with one attached hydrogen (secondary N) is 2. The van der Waals surface area contributed by atoms with Crippen molar-refractivity contribution in [2.45, 2.75) is 51.5 Å². The van der Waals surface area contributed by atoms with Gasteiger partial charge < -0.3 is 20.5 Å². The number of carbonyl (C=O) groups is 3. The summed E-state index contributed by atoms with van der Waals surface area (Å²) in [6.45, 7) is 4.15. The van der Waals surface area contributed by atoms with Crippen LogP contribution >= 0.6 is 0 Å². The lowest BCUT2D eigenvalue weighted by molar-refractivity contribution is -0.137. The summed E-state index contributed by atoms with van der Waals surface area (Å²) in [5.41, 5.74) is 4.63. The smallest absolute Gasteiger partial charge is 0.407 e. The van der Waals surface area contributed by atoms with Gasteiger partial charge in [-0.1, -0.05) is 55.5 Å². The Morgan fingerprint density at radius 1 is 1.03 bits per heavy atom. The van der Waals surface area contributed by atoms with Crippen LogP contribution in [0.25, 0.3) is 11.1 Å². The second-order valence-electron chi connectivity index (χ2n) is 8.51. The average Bonchev–Trinajstić information content (AvgIpc) is 3.11. The van der Waals surface area contributed by atoms with Gasteiger partial charge >= 0.3 is 12.1 Å². The third-order valence-electron chi connectivity index (χ3n) is 6.12. The van der Waals surface area contributed by atoms with E-state index < -0.39 is 12.1 Å². The highest BCUT2D eigenvalue weighted by molar-refractivity contribution is 5.80. The first-order valence-corrected chi connectivity index (χ1v) is 11.5. The molecule has 176 valence electrons. The molecule has 33 heavy (non-hydrogen) atoms. The fourth-order valence-corrected chi connectivity index (χ4v) is 4.27. The van der Waals surface area contributed by atoms with Gasteiger partial charge in [-0.25, -0.2) is 4.79 Å². The second kappa shape index (κ2) is 11.5. The number of fused-ring (bicyclic) bond motifs is 3. The monoisotopic (exact) mass is 452 g/mol. The van der Waals surface area contributed by atoms with Gasteiger partial charge in [0.05, 0.1) is 5.92 Å². The quantitative estimate of drug-likeness (QED) is 0.471. The van der Waals surface area contributed by atoms with E-state index in [1.165, 1.54) is 11.1 Å². The van der Waals surface area contributed by atoms with Crippen molar-refractivity contribution in [1.29, 1.82) is 0 Å². The number of amides is 2. The summed E-state index contributed by atoms with van der Waals surface area (Å²) in [6, 6.07) is 16.2. The van der Waals surface area contributed by atoms with Gasteiger partial charge in [0.25, 0.3) is 0 Å². The highest BCUT2D eigenvalue weighted by Gasteiger charge is 2.29. The molecule has 1 aliphatic carbocycles. The predicted molar refractivity (Wildman–Crippen MR) is 126 cm³/mol. The molecule has 7 heteroatoms. The summed E-state index contributed by atoms with van der Waals surface area (Å²) in [6.07, 6.45) is 1.20. The van der Waals surface area contributed by atoms with Gasteiger partial charge in [0.15, 0.2) is 0 Å². The van der Waals surface area contributed by atoms with Crippen molar-refractivity contribution >= 4 is 18.0 Å². The molecule has 7 nitrogen and oxygen atoms in total. The molecule has 1 aliphatic rings. The number of hydrogen-bond donors (Lipinski definition) is 3. The second-order valence-corrected chi connectivity index (χ2v) is 8.51. The summed E-state index contributed by atoms with van der Waals surface area (Å²) in [5, 5.41) is 14.3. The van der Waals surface area contributed by atoms with Gasteiger partial charge in [-0.3, -0.25) is 9.59 Å². The maximum atomic E-state index is 12.5. The largest absolute Gasteiger partial charge is 0.481 e. The molecule has 2 aromatic rings. The van der Waals surface area contributed by atoms with Gasteiger partial charge in [0.2, 0.25) is 5.91 Å². The Kier molecular flexibility index (Phi) is 8.46. The lowest BCUT2D eigenvalue weighted by Crippen LogP contribution is -2.42. The number of carbonyl (C=O) groups excluding carboxylic acids is 2. The number of rotatable bonds is 11. The fourth-order valence-electron chi connectivity index (χ4n) is 4.27. The van der Waals surface area contributed by atoms with E-state index in [1.54, 1.807) is 0 Å². The summed E-state index contributed by atoms with van der Waals surface area (Å²) in [5.74, 6) is -1.39. The molecule has 0 heterocycles. The van der Waals surface area contributed by atoms with Gasteiger partial charge in [-0.2, -0.15) is 0 Å². The third-order valence-corrected chi connectivity index (χ3v) is 6.12. The number of benzene rings is 2. The molecule has 0 saturated carbocycles. The zero-order valence-electron chi connectivity index (χ0n) is 19.2. The highest BCUT2D eigenvalue weighted by Crippen LogP contribution is 2.44. The molecule has 0 fully saturated rings. The van der Waals surface area contributed by atoms with Crippen LogP contribution in [0.15, 0.2) is 48.5 Å². The van der Waals surface area contributed by atoms with E-state index in [-0.39, 0.29) is 43.4 Å².